The van der Waals surface area contributed by atoms with E-state index in [2.05, 4.69) is 33.9 Å². The van der Waals surface area contributed by atoms with Crippen molar-refractivity contribution in [2.24, 2.45) is 22.7 Å². The second-order valence-corrected chi connectivity index (χ2v) is 8.91. The minimum atomic E-state index is -0.813. The molecule has 5 atom stereocenters. The van der Waals surface area contributed by atoms with Crippen molar-refractivity contribution >= 4 is 0 Å². The standard InChI is InChI=1S/C20H34O2/c1-7-19(5,22)12-9-15-14(2)13-16(21)17-18(3,4)10-8-11-20(15,17)6/h7,15-17,21-22H,1-2,8-13H2,3-6H3/t15-,16-,17-,19+,20+/m0/s1. The summed E-state index contributed by atoms with van der Waals surface area (Å²) in [5.74, 6) is 0.699. The molecule has 0 radical (unpaired) electrons. The molecule has 22 heavy (non-hydrogen) atoms. The van der Waals surface area contributed by atoms with E-state index in [4.69, 9.17) is 0 Å². The number of fused-ring (bicyclic) bond motifs is 1. The van der Waals surface area contributed by atoms with Crippen LogP contribution in [0.15, 0.2) is 24.8 Å². The first-order valence-corrected chi connectivity index (χ1v) is 8.75. The molecule has 2 fully saturated rings. The predicted octanol–water partition coefficient (Wildman–Crippen LogP) is 4.47. The Labute approximate surface area is 136 Å². The molecule has 2 rings (SSSR count). The van der Waals surface area contributed by atoms with Crippen LogP contribution in [0.1, 0.15) is 66.2 Å². The topological polar surface area (TPSA) is 40.5 Å². The Hall–Kier alpha value is -0.600. The van der Waals surface area contributed by atoms with Gasteiger partial charge in [0, 0.05) is 0 Å². The van der Waals surface area contributed by atoms with Crippen LogP contribution in [-0.4, -0.2) is 21.9 Å². The van der Waals surface area contributed by atoms with E-state index in [1.807, 2.05) is 6.92 Å². The van der Waals surface area contributed by atoms with Gasteiger partial charge in [0.25, 0.3) is 0 Å². The van der Waals surface area contributed by atoms with Crippen molar-refractivity contribution in [3.8, 4) is 0 Å². The number of hydrogen-bond donors (Lipinski definition) is 2. The Kier molecular flexibility index (Phi) is 4.68. The summed E-state index contributed by atoms with van der Waals surface area (Å²) < 4.78 is 0. The van der Waals surface area contributed by atoms with E-state index in [9.17, 15) is 10.2 Å². The largest absolute Gasteiger partial charge is 0.392 e. The van der Waals surface area contributed by atoms with E-state index in [1.165, 1.54) is 18.4 Å². The average molecular weight is 306 g/mol. The fraction of sp³-hybridized carbons (Fsp3) is 0.800. The molecule has 0 amide bonds. The first kappa shape index (κ1) is 17.7. The highest BCUT2D eigenvalue weighted by Gasteiger charge is 2.56. The van der Waals surface area contributed by atoms with E-state index in [0.717, 1.165) is 12.8 Å². The molecule has 2 N–H and O–H groups in total. The SMILES string of the molecule is C=C[C@@](C)(O)CC[C@H]1C(=C)C[C@H](O)[C@H]2C(C)(C)CCC[C@]12C. The fourth-order valence-electron chi connectivity index (χ4n) is 5.55. The third kappa shape index (κ3) is 3.05. The molecule has 0 heterocycles. The maximum atomic E-state index is 10.7. The summed E-state index contributed by atoms with van der Waals surface area (Å²) in [4.78, 5) is 0. The lowest BCUT2D eigenvalue weighted by atomic mass is 9.46. The number of aliphatic hydroxyl groups excluding tert-OH is 1. The Morgan fingerprint density at radius 3 is 2.55 bits per heavy atom. The van der Waals surface area contributed by atoms with E-state index in [1.54, 1.807) is 6.08 Å². The minimum absolute atomic E-state index is 0.0910. The van der Waals surface area contributed by atoms with Crippen molar-refractivity contribution in [2.75, 3.05) is 0 Å². The Balaban J connectivity index is 2.28. The van der Waals surface area contributed by atoms with E-state index in [-0.39, 0.29) is 16.9 Å². The van der Waals surface area contributed by atoms with Crippen LogP contribution < -0.4 is 0 Å². The zero-order chi connectivity index (χ0) is 16.8. The molecule has 2 nitrogen and oxygen atoms in total. The van der Waals surface area contributed by atoms with Crippen LogP contribution >= 0.6 is 0 Å². The van der Waals surface area contributed by atoms with Gasteiger partial charge in [0.15, 0.2) is 0 Å². The molecule has 0 saturated heterocycles. The summed E-state index contributed by atoms with van der Waals surface area (Å²) in [5.41, 5.74) is 0.621. The zero-order valence-corrected chi connectivity index (χ0v) is 14.9. The van der Waals surface area contributed by atoms with Crippen molar-refractivity contribution < 1.29 is 10.2 Å². The third-order valence-electron chi connectivity index (χ3n) is 6.61. The lowest BCUT2D eigenvalue weighted by Crippen LogP contribution is -2.55. The van der Waals surface area contributed by atoms with Crippen LogP contribution in [0.25, 0.3) is 0 Å². The molecular weight excluding hydrogens is 272 g/mol. The van der Waals surface area contributed by atoms with Gasteiger partial charge in [-0.2, -0.15) is 0 Å². The maximum Gasteiger partial charge on any atom is 0.0797 e. The molecule has 0 aromatic carbocycles. The number of rotatable bonds is 4. The molecule has 2 aliphatic rings. The summed E-state index contributed by atoms with van der Waals surface area (Å²) in [5, 5.41) is 21.0. The molecule has 0 spiro atoms. The monoisotopic (exact) mass is 306 g/mol. The predicted molar refractivity (Wildman–Crippen MR) is 92.5 cm³/mol. The minimum Gasteiger partial charge on any atom is -0.392 e. The van der Waals surface area contributed by atoms with Gasteiger partial charge in [-0.25, -0.2) is 0 Å². The van der Waals surface area contributed by atoms with Crippen molar-refractivity contribution in [1.29, 1.82) is 0 Å². The second kappa shape index (κ2) is 5.79. The van der Waals surface area contributed by atoms with Gasteiger partial charge >= 0.3 is 0 Å². The van der Waals surface area contributed by atoms with Gasteiger partial charge in [0.05, 0.1) is 11.7 Å². The first-order valence-electron chi connectivity index (χ1n) is 8.75. The molecule has 0 unspecified atom stereocenters. The normalized spacial score (nSPS) is 40.6. The van der Waals surface area contributed by atoms with Crippen molar-refractivity contribution in [3.63, 3.8) is 0 Å². The number of hydrogen-bond acceptors (Lipinski definition) is 2. The van der Waals surface area contributed by atoms with Gasteiger partial charge < -0.3 is 10.2 Å². The maximum absolute atomic E-state index is 10.7. The lowest BCUT2D eigenvalue weighted by Gasteiger charge is -2.59. The van der Waals surface area contributed by atoms with Crippen molar-refractivity contribution in [1.82, 2.24) is 0 Å². The molecule has 2 aliphatic carbocycles. The van der Waals surface area contributed by atoms with Crippen LogP contribution in [0.2, 0.25) is 0 Å². The first-order chi connectivity index (χ1) is 10.0. The summed E-state index contributed by atoms with van der Waals surface area (Å²) in [6.45, 7) is 16.8. The van der Waals surface area contributed by atoms with Crippen LogP contribution in [0.5, 0.6) is 0 Å². The van der Waals surface area contributed by atoms with Gasteiger partial charge in [-0.15, -0.1) is 6.58 Å². The van der Waals surface area contributed by atoms with Crippen molar-refractivity contribution in [2.45, 2.75) is 77.9 Å². The highest BCUT2D eigenvalue weighted by molar-refractivity contribution is 5.18. The molecule has 0 aromatic heterocycles. The van der Waals surface area contributed by atoms with E-state index < -0.39 is 5.60 Å². The van der Waals surface area contributed by atoms with Crippen LogP contribution in [0.3, 0.4) is 0 Å². The van der Waals surface area contributed by atoms with Gasteiger partial charge in [0.1, 0.15) is 0 Å². The van der Waals surface area contributed by atoms with Crippen LogP contribution in [0.4, 0.5) is 0 Å². The highest BCUT2D eigenvalue weighted by Crippen LogP contribution is 2.61. The van der Waals surface area contributed by atoms with Crippen molar-refractivity contribution in [3.05, 3.63) is 24.8 Å². The Bertz CT molecular complexity index is 449. The van der Waals surface area contributed by atoms with Crippen LogP contribution in [0, 0.1) is 22.7 Å². The molecule has 2 saturated carbocycles. The van der Waals surface area contributed by atoms with Gasteiger partial charge in [-0.3, -0.25) is 0 Å². The second-order valence-electron chi connectivity index (χ2n) is 8.91. The summed E-state index contributed by atoms with van der Waals surface area (Å²) in [6.07, 6.45) is 7.26. The van der Waals surface area contributed by atoms with Gasteiger partial charge in [0.2, 0.25) is 0 Å². The molecule has 0 bridgehead atoms. The quantitative estimate of drug-likeness (QED) is 0.752. The molecule has 2 heteroatoms. The smallest absolute Gasteiger partial charge is 0.0797 e. The van der Waals surface area contributed by atoms with Gasteiger partial charge in [-0.05, 0) is 61.7 Å². The molecular formula is C20H34O2. The Morgan fingerprint density at radius 1 is 1.32 bits per heavy atom. The Morgan fingerprint density at radius 2 is 1.95 bits per heavy atom. The molecule has 126 valence electrons. The molecule has 0 aliphatic heterocycles. The average Bonchev–Trinajstić information content (AvgIpc) is 2.36. The van der Waals surface area contributed by atoms with Crippen LogP contribution in [-0.2, 0) is 0 Å². The zero-order valence-electron chi connectivity index (χ0n) is 14.9. The summed E-state index contributed by atoms with van der Waals surface area (Å²) >= 11 is 0. The fourth-order valence-corrected chi connectivity index (χ4v) is 5.55. The third-order valence-corrected chi connectivity index (χ3v) is 6.61. The van der Waals surface area contributed by atoms with E-state index in [0.29, 0.717) is 24.7 Å². The number of aliphatic hydroxyl groups is 2. The summed E-state index contributed by atoms with van der Waals surface area (Å²) in [6, 6.07) is 0. The molecule has 0 aromatic rings. The lowest BCUT2D eigenvalue weighted by molar-refractivity contribution is -0.123. The summed E-state index contributed by atoms with van der Waals surface area (Å²) in [7, 11) is 0. The van der Waals surface area contributed by atoms with E-state index >= 15 is 0 Å². The van der Waals surface area contributed by atoms with Gasteiger partial charge in [-0.1, -0.05) is 45.4 Å². The highest BCUT2D eigenvalue weighted by atomic mass is 16.3.